The molecule has 3 amide bonds. The second kappa shape index (κ2) is 11.0. The minimum atomic E-state index is -0.526. The van der Waals surface area contributed by atoms with E-state index in [-0.39, 0.29) is 23.6 Å². The van der Waals surface area contributed by atoms with Crippen LogP contribution in [0.2, 0.25) is 0 Å². The highest BCUT2D eigenvalue weighted by atomic mass is 32.2. The van der Waals surface area contributed by atoms with E-state index in [1.54, 1.807) is 58.0 Å². The zero-order valence-corrected chi connectivity index (χ0v) is 19.5. The van der Waals surface area contributed by atoms with Crippen LogP contribution in [0.25, 0.3) is 6.08 Å². The smallest absolute Gasteiger partial charge is 0.248 e. The Balaban J connectivity index is 1.30. The number of nitrogens with zero attached hydrogens (tertiary/aromatic N) is 3. The summed E-state index contributed by atoms with van der Waals surface area (Å²) in [7, 11) is 0. The number of amides is 3. The van der Waals surface area contributed by atoms with Gasteiger partial charge in [-0.05, 0) is 48.7 Å². The SMILES string of the molecule is N#Cc1ccc(NC(=O)C2CSCN2C(=O)C2CCN(C(=O)/C=C/c3ccccc3)CC2)cc1. The predicted molar refractivity (Wildman–Crippen MR) is 133 cm³/mol. The molecule has 0 aliphatic carbocycles. The summed E-state index contributed by atoms with van der Waals surface area (Å²) in [5.41, 5.74) is 2.09. The number of nitriles is 1. The van der Waals surface area contributed by atoms with Crippen molar-refractivity contribution in [1.29, 1.82) is 5.26 Å². The zero-order valence-electron chi connectivity index (χ0n) is 18.7. The van der Waals surface area contributed by atoms with Crippen molar-refractivity contribution in [1.82, 2.24) is 9.80 Å². The summed E-state index contributed by atoms with van der Waals surface area (Å²) in [4.78, 5) is 42.0. The van der Waals surface area contributed by atoms with Gasteiger partial charge in [-0.2, -0.15) is 5.26 Å². The molecule has 2 fully saturated rings. The first-order valence-corrected chi connectivity index (χ1v) is 12.4. The molecule has 1 atom stereocenters. The first-order chi connectivity index (χ1) is 16.5. The third-order valence-electron chi connectivity index (χ3n) is 6.12. The van der Waals surface area contributed by atoms with Crippen LogP contribution in [0.1, 0.15) is 24.0 Å². The summed E-state index contributed by atoms with van der Waals surface area (Å²) in [5, 5.41) is 11.8. The molecule has 2 heterocycles. The van der Waals surface area contributed by atoms with Gasteiger partial charge in [0.15, 0.2) is 0 Å². The summed E-state index contributed by atoms with van der Waals surface area (Å²) in [6.07, 6.45) is 4.57. The van der Waals surface area contributed by atoms with E-state index in [0.717, 1.165) is 5.56 Å². The van der Waals surface area contributed by atoms with Gasteiger partial charge < -0.3 is 15.1 Å². The number of benzene rings is 2. The Morgan fingerprint density at radius 2 is 1.74 bits per heavy atom. The molecule has 2 aromatic rings. The molecule has 2 aliphatic heterocycles. The molecule has 1 unspecified atom stereocenters. The quantitative estimate of drug-likeness (QED) is 0.671. The summed E-state index contributed by atoms with van der Waals surface area (Å²) in [5.74, 6) is 0.564. The van der Waals surface area contributed by atoms with Crippen molar-refractivity contribution in [2.75, 3.05) is 30.0 Å². The molecule has 0 aromatic heterocycles. The van der Waals surface area contributed by atoms with Crippen molar-refractivity contribution in [2.45, 2.75) is 18.9 Å². The number of rotatable bonds is 5. The molecular weight excluding hydrogens is 448 g/mol. The number of likely N-dealkylation sites (tertiary alicyclic amines) is 1. The fourth-order valence-electron chi connectivity index (χ4n) is 4.15. The number of hydrogen-bond acceptors (Lipinski definition) is 5. The maximum atomic E-state index is 13.2. The zero-order chi connectivity index (χ0) is 23.9. The Hall–Kier alpha value is -3.57. The van der Waals surface area contributed by atoms with Crippen molar-refractivity contribution in [2.24, 2.45) is 5.92 Å². The van der Waals surface area contributed by atoms with Gasteiger partial charge in [0.05, 0.1) is 17.5 Å². The average Bonchev–Trinajstić information content (AvgIpc) is 3.38. The lowest BCUT2D eigenvalue weighted by molar-refractivity contribution is -0.142. The second-order valence-electron chi connectivity index (χ2n) is 8.35. The first-order valence-electron chi connectivity index (χ1n) is 11.3. The molecule has 4 rings (SSSR count). The summed E-state index contributed by atoms with van der Waals surface area (Å²) in [6.45, 7) is 1.05. The Morgan fingerprint density at radius 1 is 1.03 bits per heavy atom. The van der Waals surface area contributed by atoms with E-state index in [9.17, 15) is 14.4 Å². The van der Waals surface area contributed by atoms with Gasteiger partial charge in [0.1, 0.15) is 6.04 Å². The molecule has 2 aliphatic rings. The molecule has 174 valence electrons. The van der Waals surface area contributed by atoms with Crippen molar-refractivity contribution in [3.05, 3.63) is 71.8 Å². The Morgan fingerprint density at radius 3 is 2.41 bits per heavy atom. The first kappa shape index (κ1) is 23.6. The van der Waals surface area contributed by atoms with Gasteiger partial charge in [0.2, 0.25) is 17.7 Å². The van der Waals surface area contributed by atoms with Gasteiger partial charge in [0.25, 0.3) is 0 Å². The Bertz CT molecular complexity index is 1100. The average molecular weight is 475 g/mol. The Labute approximate surface area is 203 Å². The van der Waals surface area contributed by atoms with Crippen LogP contribution in [0.4, 0.5) is 5.69 Å². The third-order valence-corrected chi connectivity index (χ3v) is 7.14. The van der Waals surface area contributed by atoms with E-state index in [1.165, 1.54) is 0 Å². The van der Waals surface area contributed by atoms with E-state index in [1.807, 2.05) is 36.4 Å². The maximum absolute atomic E-state index is 13.2. The van der Waals surface area contributed by atoms with Crippen molar-refractivity contribution >= 4 is 41.2 Å². The van der Waals surface area contributed by atoms with Crippen LogP contribution >= 0.6 is 11.8 Å². The fraction of sp³-hybridized carbons (Fsp3) is 0.308. The van der Waals surface area contributed by atoms with Crippen molar-refractivity contribution < 1.29 is 14.4 Å². The van der Waals surface area contributed by atoms with Gasteiger partial charge in [-0.15, -0.1) is 11.8 Å². The highest BCUT2D eigenvalue weighted by Crippen LogP contribution is 2.28. The van der Waals surface area contributed by atoms with Crippen molar-refractivity contribution in [3.8, 4) is 6.07 Å². The molecule has 0 radical (unpaired) electrons. The molecule has 2 saturated heterocycles. The van der Waals surface area contributed by atoms with Crippen LogP contribution in [0, 0.1) is 17.2 Å². The number of carbonyl (C=O) groups excluding carboxylic acids is 3. The van der Waals surface area contributed by atoms with Crippen LogP contribution in [-0.2, 0) is 14.4 Å². The molecule has 8 heteroatoms. The highest BCUT2D eigenvalue weighted by Gasteiger charge is 2.38. The molecule has 0 spiro atoms. The monoisotopic (exact) mass is 474 g/mol. The third kappa shape index (κ3) is 5.67. The van der Waals surface area contributed by atoms with Crippen LogP contribution < -0.4 is 5.32 Å². The van der Waals surface area contributed by atoms with E-state index < -0.39 is 6.04 Å². The van der Waals surface area contributed by atoms with E-state index >= 15 is 0 Å². The molecule has 0 saturated carbocycles. The number of hydrogen-bond donors (Lipinski definition) is 1. The lowest BCUT2D eigenvalue weighted by Gasteiger charge is -2.34. The van der Waals surface area contributed by atoms with Gasteiger partial charge in [0, 0.05) is 36.5 Å². The molecule has 0 bridgehead atoms. The van der Waals surface area contributed by atoms with E-state index in [0.29, 0.717) is 48.8 Å². The van der Waals surface area contributed by atoms with Crippen LogP contribution in [0.3, 0.4) is 0 Å². The van der Waals surface area contributed by atoms with Crippen LogP contribution in [0.5, 0.6) is 0 Å². The summed E-state index contributed by atoms with van der Waals surface area (Å²) in [6, 6.07) is 17.8. The van der Waals surface area contributed by atoms with Crippen molar-refractivity contribution in [3.63, 3.8) is 0 Å². The number of anilines is 1. The number of piperidine rings is 1. The summed E-state index contributed by atoms with van der Waals surface area (Å²) >= 11 is 1.57. The molecule has 7 nitrogen and oxygen atoms in total. The van der Waals surface area contributed by atoms with Gasteiger partial charge in [-0.25, -0.2) is 0 Å². The largest absolute Gasteiger partial charge is 0.339 e. The topological polar surface area (TPSA) is 93.5 Å². The number of thioether (sulfide) groups is 1. The molecule has 1 N–H and O–H groups in total. The maximum Gasteiger partial charge on any atom is 0.248 e. The summed E-state index contributed by atoms with van der Waals surface area (Å²) < 4.78 is 0. The lowest BCUT2D eigenvalue weighted by Crippen LogP contribution is -2.49. The standard InChI is InChI=1S/C26H26N4O3S/c27-16-20-6-9-22(10-7-20)28-25(32)23-17-34-18-30(23)26(33)21-12-14-29(15-13-21)24(31)11-8-19-4-2-1-3-5-19/h1-11,21,23H,12-15,17-18H2,(H,28,32)/b11-8+. The van der Waals surface area contributed by atoms with E-state index in [2.05, 4.69) is 5.32 Å². The molecular formula is C26H26N4O3S. The Kier molecular flexibility index (Phi) is 7.65. The number of nitrogens with one attached hydrogen (secondary N) is 1. The normalized spacial score (nSPS) is 18.6. The predicted octanol–water partition coefficient (Wildman–Crippen LogP) is 3.35. The van der Waals surface area contributed by atoms with Gasteiger partial charge in [-0.1, -0.05) is 30.3 Å². The molecule has 2 aromatic carbocycles. The minimum absolute atomic E-state index is 0.0168. The second-order valence-corrected chi connectivity index (χ2v) is 9.35. The minimum Gasteiger partial charge on any atom is -0.339 e. The van der Waals surface area contributed by atoms with Gasteiger partial charge in [-0.3, -0.25) is 14.4 Å². The number of carbonyl (C=O) groups is 3. The fourth-order valence-corrected chi connectivity index (χ4v) is 5.31. The highest BCUT2D eigenvalue weighted by molar-refractivity contribution is 7.99. The lowest BCUT2D eigenvalue weighted by atomic mass is 9.94. The molecule has 34 heavy (non-hydrogen) atoms. The van der Waals surface area contributed by atoms with Crippen LogP contribution in [-0.4, -0.2) is 58.3 Å². The van der Waals surface area contributed by atoms with Gasteiger partial charge >= 0.3 is 0 Å². The van der Waals surface area contributed by atoms with Crippen LogP contribution in [0.15, 0.2) is 60.7 Å². The van der Waals surface area contributed by atoms with E-state index in [4.69, 9.17) is 5.26 Å².